The molecule has 0 amide bonds. The molecule has 0 bridgehead atoms. The number of nitrogen functional groups attached to an aromatic ring is 1. The van der Waals surface area contributed by atoms with Crippen LogP contribution >= 0.6 is 0 Å². The lowest BCUT2D eigenvalue weighted by molar-refractivity contribution is 0.476. The van der Waals surface area contributed by atoms with E-state index < -0.39 is 0 Å². The maximum absolute atomic E-state index is 11.6. The number of aromatic hydroxyl groups is 1. The van der Waals surface area contributed by atoms with Crippen molar-refractivity contribution in [2.75, 3.05) is 5.73 Å². The highest BCUT2D eigenvalue weighted by Crippen LogP contribution is 2.28. The van der Waals surface area contributed by atoms with Gasteiger partial charge in [-0.2, -0.15) is 0 Å². The number of hydrogen-bond donors (Lipinski definition) is 3. The molecule has 1 aromatic carbocycles. The summed E-state index contributed by atoms with van der Waals surface area (Å²) in [7, 11) is 1.53. The van der Waals surface area contributed by atoms with Crippen LogP contribution in [0.25, 0.3) is 0 Å². The highest BCUT2D eigenvalue weighted by molar-refractivity contribution is 5.57. The minimum absolute atomic E-state index is 0.00437. The van der Waals surface area contributed by atoms with E-state index in [1.807, 2.05) is 6.92 Å². The van der Waals surface area contributed by atoms with Gasteiger partial charge in [-0.05, 0) is 24.6 Å². The van der Waals surface area contributed by atoms with E-state index in [0.29, 0.717) is 0 Å². The molecule has 0 radical (unpaired) electrons. The summed E-state index contributed by atoms with van der Waals surface area (Å²) in [6.07, 6.45) is 0. The van der Waals surface area contributed by atoms with E-state index in [9.17, 15) is 9.90 Å². The second kappa shape index (κ2) is 4.36. The molecular formula is C11H13N5O2. The molecule has 0 saturated carbocycles. The Hall–Kier alpha value is -2.57. The standard InChI is InChI=1S/C11H13N5O2/c1-6-3-4-8(17)7(5-6)13-14-9-10(12)15-16(2)11(9)18/h3-5,15,17H,12H2,1-2H3. The van der Waals surface area contributed by atoms with Crippen molar-refractivity contribution in [1.29, 1.82) is 0 Å². The SMILES string of the molecule is Cc1ccc(O)c(N=Nc2c(N)[nH]n(C)c2=O)c1. The number of aromatic amines is 1. The quantitative estimate of drug-likeness (QED) is 0.703. The summed E-state index contributed by atoms with van der Waals surface area (Å²) in [6, 6.07) is 4.92. The molecule has 0 fully saturated rings. The van der Waals surface area contributed by atoms with Gasteiger partial charge in [-0.3, -0.25) is 14.6 Å². The van der Waals surface area contributed by atoms with Crippen LogP contribution in [0.2, 0.25) is 0 Å². The van der Waals surface area contributed by atoms with Crippen LogP contribution < -0.4 is 11.3 Å². The molecule has 0 unspecified atom stereocenters. The molecule has 0 aliphatic carbocycles. The Morgan fingerprint density at radius 2 is 2.11 bits per heavy atom. The molecule has 2 aromatic rings. The number of aromatic nitrogens is 2. The van der Waals surface area contributed by atoms with Gasteiger partial charge in [0.25, 0.3) is 5.56 Å². The molecule has 0 saturated heterocycles. The molecule has 0 spiro atoms. The summed E-state index contributed by atoms with van der Waals surface area (Å²) >= 11 is 0. The van der Waals surface area contributed by atoms with Crippen LogP contribution in [0.1, 0.15) is 5.56 Å². The number of azo groups is 1. The van der Waals surface area contributed by atoms with Gasteiger partial charge in [0.15, 0.2) is 5.69 Å². The largest absolute Gasteiger partial charge is 0.506 e. The van der Waals surface area contributed by atoms with Gasteiger partial charge in [-0.15, -0.1) is 10.2 Å². The Kier molecular flexibility index (Phi) is 2.88. The molecule has 0 aliphatic heterocycles. The third-order valence-corrected chi connectivity index (χ3v) is 2.44. The van der Waals surface area contributed by atoms with E-state index >= 15 is 0 Å². The first-order valence-electron chi connectivity index (χ1n) is 5.25. The van der Waals surface area contributed by atoms with Crippen molar-refractivity contribution < 1.29 is 5.11 Å². The van der Waals surface area contributed by atoms with Crippen molar-refractivity contribution in [3.8, 4) is 5.75 Å². The van der Waals surface area contributed by atoms with E-state index in [1.165, 1.54) is 17.8 Å². The molecule has 0 aliphatic rings. The monoisotopic (exact) mass is 247 g/mol. The maximum atomic E-state index is 11.6. The number of H-pyrrole nitrogens is 1. The molecule has 1 aromatic heterocycles. The van der Waals surface area contributed by atoms with Crippen molar-refractivity contribution in [2.24, 2.45) is 17.3 Å². The van der Waals surface area contributed by atoms with Crippen molar-refractivity contribution >= 4 is 17.2 Å². The first kappa shape index (κ1) is 11.9. The Balaban J connectivity index is 2.42. The molecular weight excluding hydrogens is 234 g/mol. The second-order valence-electron chi connectivity index (χ2n) is 3.93. The maximum Gasteiger partial charge on any atom is 0.296 e. The van der Waals surface area contributed by atoms with Crippen molar-refractivity contribution in [3.05, 3.63) is 34.1 Å². The lowest BCUT2D eigenvalue weighted by atomic mass is 10.2. The Morgan fingerprint density at radius 3 is 2.72 bits per heavy atom. The summed E-state index contributed by atoms with van der Waals surface area (Å²) in [6.45, 7) is 1.86. The number of nitrogens with one attached hydrogen (secondary N) is 1. The number of rotatable bonds is 2. The zero-order chi connectivity index (χ0) is 13.3. The highest BCUT2D eigenvalue weighted by Gasteiger charge is 2.09. The molecule has 7 nitrogen and oxygen atoms in total. The molecule has 7 heteroatoms. The van der Waals surface area contributed by atoms with Crippen LogP contribution in [-0.4, -0.2) is 14.9 Å². The lowest BCUT2D eigenvalue weighted by Crippen LogP contribution is -2.10. The minimum atomic E-state index is -0.372. The van der Waals surface area contributed by atoms with E-state index in [1.54, 1.807) is 12.1 Å². The fourth-order valence-electron chi connectivity index (χ4n) is 1.47. The summed E-state index contributed by atoms with van der Waals surface area (Å²) < 4.78 is 1.21. The molecule has 2 rings (SSSR count). The fourth-order valence-corrected chi connectivity index (χ4v) is 1.47. The van der Waals surface area contributed by atoms with E-state index in [4.69, 9.17) is 5.73 Å². The topological polar surface area (TPSA) is 109 Å². The zero-order valence-electron chi connectivity index (χ0n) is 10.0. The van der Waals surface area contributed by atoms with Crippen LogP contribution in [0.5, 0.6) is 5.75 Å². The van der Waals surface area contributed by atoms with Crippen molar-refractivity contribution in [2.45, 2.75) is 6.92 Å². The normalized spacial score (nSPS) is 11.2. The Labute approximate surface area is 103 Å². The predicted molar refractivity (Wildman–Crippen MR) is 67.5 cm³/mol. The van der Waals surface area contributed by atoms with E-state index in [0.717, 1.165) is 5.56 Å². The van der Waals surface area contributed by atoms with E-state index in [2.05, 4.69) is 15.3 Å². The van der Waals surface area contributed by atoms with Gasteiger partial charge in [-0.1, -0.05) is 6.07 Å². The summed E-state index contributed by atoms with van der Waals surface area (Å²) in [5.74, 6) is 0.133. The molecule has 94 valence electrons. The first-order chi connectivity index (χ1) is 8.49. The van der Waals surface area contributed by atoms with Crippen molar-refractivity contribution in [1.82, 2.24) is 9.78 Å². The van der Waals surface area contributed by atoms with Gasteiger partial charge in [0.1, 0.15) is 17.3 Å². The minimum Gasteiger partial charge on any atom is -0.506 e. The van der Waals surface area contributed by atoms with E-state index in [-0.39, 0.29) is 28.5 Å². The van der Waals surface area contributed by atoms with Crippen LogP contribution in [-0.2, 0) is 7.05 Å². The number of aryl methyl sites for hydroxylation is 2. The fraction of sp³-hybridized carbons (Fsp3) is 0.182. The van der Waals surface area contributed by atoms with Gasteiger partial charge in [0.05, 0.1) is 0 Å². The third kappa shape index (κ3) is 2.10. The number of benzene rings is 1. The van der Waals surface area contributed by atoms with Gasteiger partial charge in [-0.25, -0.2) is 0 Å². The van der Waals surface area contributed by atoms with Gasteiger partial charge in [0, 0.05) is 7.05 Å². The number of phenolic OH excluding ortho intramolecular Hbond substituents is 1. The molecule has 18 heavy (non-hydrogen) atoms. The molecule has 1 heterocycles. The third-order valence-electron chi connectivity index (χ3n) is 2.44. The van der Waals surface area contributed by atoms with Crippen molar-refractivity contribution in [3.63, 3.8) is 0 Å². The van der Waals surface area contributed by atoms with Gasteiger partial charge >= 0.3 is 0 Å². The smallest absolute Gasteiger partial charge is 0.296 e. The number of nitrogens with two attached hydrogens (primary N) is 1. The summed E-state index contributed by atoms with van der Waals surface area (Å²) in [4.78, 5) is 11.6. The highest BCUT2D eigenvalue weighted by atomic mass is 16.3. The van der Waals surface area contributed by atoms with Crippen LogP contribution in [0.15, 0.2) is 33.2 Å². The van der Waals surface area contributed by atoms with Crippen LogP contribution in [0.4, 0.5) is 17.2 Å². The average molecular weight is 247 g/mol. The molecule has 0 atom stereocenters. The second-order valence-corrected chi connectivity index (χ2v) is 3.93. The van der Waals surface area contributed by atoms with Gasteiger partial charge < -0.3 is 10.8 Å². The average Bonchev–Trinajstić information content (AvgIpc) is 2.55. The van der Waals surface area contributed by atoms with Gasteiger partial charge in [0.2, 0.25) is 0 Å². The Bertz CT molecular complexity index is 669. The predicted octanol–water partition coefficient (Wildman–Crippen LogP) is 1.73. The number of phenols is 1. The summed E-state index contributed by atoms with van der Waals surface area (Å²) in [5, 5.41) is 19.8. The van der Waals surface area contributed by atoms with Crippen LogP contribution in [0, 0.1) is 6.92 Å². The molecule has 4 N–H and O–H groups in total. The lowest BCUT2D eigenvalue weighted by Gasteiger charge is -1.98. The number of anilines is 1. The number of nitrogens with zero attached hydrogens (tertiary/aromatic N) is 3. The van der Waals surface area contributed by atoms with Crippen LogP contribution in [0.3, 0.4) is 0 Å². The first-order valence-corrected chi connectivity index (χ1v) is 5.25. The zero-order valence-corrected chi connectivity index (χ0v) is 10.0. The number of hydrogen-bond acceptors (Lipinski definition) is 5. The summed E-state index contributed by atoms with van der Waals surface area (Å²) in [5.41, 5.74) is 6.45. The Morgan fingerprint density at radius 1 is 1.39 bits per heavy atom.